The third-order valence-electron chi connectivity index (χ3n) is 6.15. The maximum absolute atomic E-state index is 13.3. The van der Waals surface area contributed by atoms with Gasteiger partial charge in [0.1, 0.15) is 18.1 Å². The lowest BCUT2D eigenvalue weighted by molar-refractivity contribution is -0.115. The number of esters is 1. The molecule has 0 radical (unpaired) electrons. The van der Waals surface area contributed by atoms with E-state index in [1.807, 2.05) is 68.7 Å². The number of carbonyl (C=O) groups excluding carboxylic acids is 3. The third kappa shape index (κ3) is 8.02. The van der Waals surface area contributed by atoms with E-state index in [2.05, 4.69) is 15.5 Å². The highest BCUT2D eigenvalue weighted by Crippen LogP contribution is 2.37. The van der Waals surface area contributed by atoms with E-state index in [1.165, 1.54) is 5.56 Å². The molecule has 0 bridgehead atoms. The maximum Gasteiger partial charge on any atom is 0.407 e. The molecule has 3 aromatic rings. The monoisotopic (exact) mass is 556 g/mol. The van der Waals surface area contributed by atoms with E-state index in [4.69, 9.17) is 14.5 Å². The van der Waals surface area contributed by atoms with Crippen LogP contribution in [-0.4, -0.2) is 61.4 Å². The Morgan fingerprint density at radius 2 is 1.68 bits per heavy atom. The minimum Gasteiger partial charge on any atom is -0.460 e. The van der Waals surface area contributed by atoms with Gasteiger partial charge in [-0.1, -0.05) is 48.5 Å². The fourth-order valence-corrected chi connectivity index (χ4v) is 4.44. The van der Waals surface area contributed by atoms with Gasteiger partial charge in [0.2, 0.25) is 5.91 Å². The number of nitrogens with one attached hydrogen (secondary N) is 2. The highest BCUT2D eigenvalue weighted by atomic mass is 16.6. The van der Waals surface area contributed by atoms with Crippen LogP contribution in [0.15, 0.2) is 77.8 Å². The standard InChI is InChI=1S/C32H36N4O5/c1-32(2,3)41-31(39)33-17-18-40-30(38)23-13-16-25-26(19-23)35-29(37)27(25)28(22-9-7-6-8-10-22)34-24-14-11-21(12-15-24)20-36(4)5/h6-16,19,27H,17-18,20H2,1-5H3,(H,33,39)(H,35,37). The average molecular weight is 557 g/mol. The van der Waals surface area contributed by atoms with Gasteiger partial charge in [-0.3, -0.25) is 9.79 Å². The van der Waals surface area contributed by atoms with Crippen LogP contribution in [0.2, 0.25) is 0 Å². The van der Waals surface area contributed by atoms with Crippen molar-refractivity contribution >= 4 is 35.1 Å². The van der Waals surface area contributed by atoms with Crippen LogP contribution < -0.4 is 10.6 Å². The van der Waals surface area contributed by atoms with E-state index in [-0.39, 0.29) is 24.6 Å². The quantitative estimate of drug-likeness (QED) is 0.211. The molecule has 9 heteroatoms. The molecule has 1 aliphatic heterocycles. The Labute approximate surface area is 240 Å². The minimum atomic E-state index is -0.656. The van der Waals surface area contributed by atoms with Gasteiger partial charge in [-0.25, -0.2) is 9.59 Å². The molecule has 4 rings (SSSR count). The fraction of sp³-hybridized carbons (Fsp3) is 0.312. The molecule has 0 fully saturated rings. The van der Waals surface area contributed by atoms with E-state index in [1.54, 1.807) is 39.0 Å². The number of hydrogen-bond acceptors (Lipinski definition) is 7. The first-order valence-corrected chi connectivity index (χ1v) is 13.5. The summed E-state index contributed by atoms with van der Waals surface area (Å²) in [6.45, 7) is 6.20. The normalized spacial score (nSPS) is 14.8. The molecule has 3 aromatic carbocycles. The Kier molecular flexibility index (Phi) is 9.19. The van der Waals surface area contributed by atoms with Gasteiger partial charge in [-0.2, -0.15) is 0 Å². The summed E-state index contributed by atoms with van der Waals surface area (Å²) >= 11 is 0. The largest absolute Gasteiger partial charge is 0.460 e. The first-order chi connectivity index (χ1) is 19.5. The molecule has 0 aromatic heterocycles. The van der Waals surface area contributed by atoms with Gasteiger partial charge in [0.05, 0.1) is 23.5 Å². The van der Waals surface area contributed by atoms with Gasteiger partial charge in [0, 0.05) is 12.2 Å². The summed E-state index contributed by atoms with van der Waals surface area (Å²) < 4.78 is 10.5. The molecular formula is C32H36N4O5. The summed E-state index contributed by atoms with van der Waals surface area (Å²) in [5.74, 6) is -1.44. The molecule has 214 valence electrons. The van der Waals surface area contributed by atoms with Crippen molar-refractivity contribution in [2.45, 2.75) is 38.8 Å². The molecule has 1 atom stereocenters. The number of anilines is 1. The molecule has 0 saturated carbocycles. The Morgan fingerprint density at radius 3 is 2.34 bits per heavy atom. The molecular weight excluding hydrogens is 520 g/mol. The van der Waals surface area contributed by atoms with E-state index < -0.39 is 23.6 Å². The number of carbonyl (C=O) groups is 3. The molecule has 0 spiro atoms. The number of fused-ring (bicyclic) bond motifs is 1. The number of amides is 2. The Balaban J connectivity index is 1.52. The number of rotatable bonds is 9. The number of benzene rings is 3. The van der Waals surface area contributed by atoms with Gasteiger partial charge in [0.25, 0.3) is 0 Å². The molecule has 2 amide bonds. The average Bonchev–Trinajstić information content (AvgIpc) is 3.24. The SMILES string of the molecule is CN(C)Cc1ccc(N=C(c2ccccc2)C2C(=O)Nc3cc(C(=O)OCCNC(=O)OC(C)(C)C)ccc32)cc1. The lowest BCUT2D eigenvalue weighted by Gasteiger charge is -2.19. The second-order valence-corrected chi connectivity index (χ2v) is 11.1. The first kappa shape index (κ1) is 29.5. The van der Waals surface area contributed by atoms with Crippen molar-refractivity contribution in [2.75, 3.05) is 32.6 Å². The molecule has 41 heavy (non-hydrogen) atoms. The highest BCUT2D eigenvalue weighted by Gasteiger charge is 2.36. The third-order valence-corrected chi connectivity index (χ3v) is 6.15. The predicted molar refractivity (Wildman–Crippen MR) is 159 cm³/mol. The topological polar surface area (TPSA) is 109 Å². The van der Waals surface area contributed by atoms with Crippen LogP contribution in [0.4, 0.5) is 16.2 Å². The molecule has 2 N–H and O–H groups in total. The zero-order valence-corrected chi connectivity index (χ0v) is 24.1. The van der Waals surface area contributed by atoms with Crippen LogP contribution in [0.3, 0.4) is 0 Å². The van der Waals surface area contributed by atoms with Gasteiger partial charge in [-0.05, 0) is 75.8 Å². The predicted octanol–water partition coefficient (Wildman–Crippen LogP) is 5.29. The van der Waals surface area contributed by atoms with Gasteiger partial charge in [-0.15, -0.1) is 0 Å². The summed E-state index contributed by atoms with van der Waals surface area (Å²) in [6.07, 6.45) is -0.583. The summed E-state index contributed by atoms with van der Waals surface area (Å²) in [5, 5.41) is 5.45. The molecule has 0 aliphatic carbocycles. The lowest BCUT2D eigenvalue weighted by Crippen LogP contribution is -2.34. The van der Waals surface area contributed by atoms with Crippen LogP contribution in [0.25, 0.3) is 0 Å². The summed E-state index contributed by atoms with van der Waals surface area (Å²) in [6, 6.07) is 22.6. The molecule has 0 saturated heterocycles. The van der Waals surface area contributed by atoms with Crippen molar-refractivity contribution in [3.8, 4) is 0 Å². The second-order valence-electron chi connectivity index (χ2n) is 11.1. The van der Waals surface area contributed by atoms with Crippen molar-refractivity contribution in [3.05, 3.63) is 95.1 Å². The van der Waals surface area contributed by atoms with Crippen LogP contribution in [0, 0.1) is 0 Å². The molecule has 9 nitrogen and oxygen atoms in total. The maximum atomic E-state index is 13.3. The lowest BCUT2D eigenvalue weighted by atomic mass is 9.90. The van der Waals surface area contributed by atoms with E-state index in [0.29, 0.717) is 11.4 Å². The van der Waals surface area contributed by atoms with E-state index >= 15 is 0 Å². The van der Waals surface area contributed by atoms with Crippen LogP contribution in [-0.2, 0) is 20.8 Å². The zero-order valence-electron chi connectivity index (χ0n) is 24.1. The van der Waals surface area contributed by atoms with Crippen molar-refractivity contribution in [2.24, 2.45) is 4.99 Å². The smallest absolute Gasteiger partial charge is 0.407 e. The van der Waals surface area contributed by atoms with Gasteiger partial charge in [0.15, 0.2) is 0 Å². The van der Waals surface area contributed by atoms with Crippen LogP contribution in [0.1, 0.15) is 53.7 Å². The van der Waals surface area contributed by atoms with Gasteiger partial charge < -0.3 is 25.0 Å². The molecule has 1 aliphatic rings. The molecule has 1 unspecified atom stereocenters. The van der Waals surface area contributed by atoms with Crippen molar-refractivity contribution in [3.63, 3.8) is 0 Å². The van der Waals surface area contributed by atoms with E-state index in [9.17, 15) is 14.4 Å². The van der Waals surface area contributed by atoms with Crippen LogP contribution >= 0.6 is 0 Å². The zero-order chi connectivity index (χ0) is 29.6. The molecule has 1 heterocycles. The minimum absolute atomic E-state index is 0.0255. The second kappa shape index (κ2) is 12.8. The Hall–Kier alpha value is -4.50. The first-order valence-electron chi connectivity index (χ1n) is 13.5. The Bertz CT molecular complexity index is 1430. The van der Waals surface area contributed by atoms with Gasteiger partial charge >= 0.3 is 12.1 Å². The number of nitrogens with zero attached hydrogens (tertiary/aromatic N) is 2. The number of alkyl carbamates (subject to hydrolysis) is 1. The highest BCUT2D eigenvalue weighted by molar-refractivity contribution is 6.24. The van der Waals surface area contributed by atoms with E-state index in [0.717, 1.165) is 23.4 Å². The summed E-state index contributed by atoms with van der Waals surface area (Å²) in [5.41, 5.74) is 4.29. The Morgan fingerprint density at radius 1 is 0.976 bits per heavy atom. The van der Waals surface area contributed by atoms with Crippen molar-refractivity contribution in [1.82, 2.24) is 10.2 Å². The number of hydrogen-bond donors (Lipinski definition) is 2. The van der Waals surface area contributed by atoms with Crippen molar-refractivity contribution < 1.29 is 23.9 Å². The fourth-order valence-electron chi connectivity index (χ4n) is 4.44. The number of aliphatic imine (C=N–C) groups is 1. The van der Waals surface area contributed by atoms with Crippen molar-refractivity contribution in [1.29, 1.82) is 0 Å². The summed E-state index contributed by atoms with van der Waals surface area (Å²) in [7, 11) is 4.04. The van der Waals surface area contributed by atoms with Crippen LogP contribution in [0.5, 0.6) is 0 Å². The number of ether oxygens (including phenoxy) is 2. The summed E-state index contributed by atoms with van der Waals surface area (Å²) in [4.78, 5) is 44.8.